The van der Waals surface area contributed by atoms with Gasteiger partial charge in [0.05, 0.1) is 157 Å². The van der Waals surface area contributed by atoms with E-state index >= 15 is 0 Å². The van der Waals surface area contributed by atoms with Crippen LogP contribution in [0.1, 0.15) is 251 Å². The number of fused-ring (bicyclic) bond motifs is 1. The number of carbonyl (C=O) groups is 8. The third-order valence-electron chi connectivity index (χ3n) is 26.1. The van der Waals surface area contributed by atoms with E-state index in [1.54, 1.807) is 133 Å². The highest BCUT2D eigenvalue weighted by molar-refractivity contribution is 6.17. The second-order valence-corrected chi connectivity index (χ2v) is 39.6. The van der Waals surface area contributed by atoms with E-state index in [-0.39, 0.29) is 181 Å². The average Bonchev–Trinajstić information content (AvgIpc) is 0.915. The smallest absolute Gasteiger partial charge is 0.339 e. The van der Waals surface area contributed by atoms with Crippen molar-refractivity contribution in [3.8, 4) is 11.5 Å². The average molecular weight is 2080 g/mol. The topological polar surface area (TPSA) is 350 Å². The van der Waals surface area contributed by atoms with Gasteiger partial charge >= 0.3 is 35.8 Å². The van der Waals surface area contributed by atoms with E-state index in [0.717, 1.165) is 60.5 Å². The molecule has 14 atom stereocenters. The fraction of sp³-hybridized carbons (Fsp3) is 0.573. The number of carbonyl (C=O) groups excluding carboxylic acids is 8. The van der Waals surface area contributed by atoms with E-state index in [0.29, 0.717) is 87.1 Å². The molecule has 0 spiro atoms. The Morgan fingerprint density at radius 3 is 1.28 bits per heavy atom. The lowest BCUT2D eigenvalue weighted by atomic mass is 9.84. The van der Waals surface area contributed by atoms with Gasteiger partial charge in [-0.25, -0.2) is 24.0 Å². The van der Waals surface area contributed by atoms with Crippen LogP contribution < -0.4 is 24.5 Å². The van der Waals surface area contributed by atoms with Crippen LogP contribution in [0, 0.1) is 23.2 Å². The summed E-state index contributed by atoms with van der Waals surface area (Å²) in [6.45, 7) is 30.3. The molecule has 149 heavy (non-hydrogen) atoms. The van der Waals surface area contributed by atoms with Gasteiger partial charge in [0, 0.05) is 132 Å². The molecule has 0 saturated heterocycles. The summed E-state index contributed by atoms with van der Waals surface area (Å²) >= 11 is 0. The maximum Gasteiger partial charge on any atom is 0.339 e. The molecule has 1 heterocycles. The fourth-order valence-electron chi connectivity index (χ4n) is 17.2. The van der Waals surface area contributed by atoms with Crippen molar-refractivity contribution in [3.63, 3.8) is 0 Å². The van der Waals surface area contributed by atoms with Gasteiger partial charge in [-0.3, -0.25) is 14.4 Å². The fourth-order valence-corrected chi connectivity index (χ4v) is 17.2. The number of hydrogen-bond acceptors (Lipinski definition) is 32. The largest absolute Gasteiger partial charge is 0.507 e. The molecule has 0 saturated carbocycles. The standard InChI is InChI=1S/C117H167N5O27/c1-22-30-35-86-57-79(9)61-140-97(68-135-65-83(13)149-116(132)108-91(58-86)37-34-40-105(108)110(126)104-56-54-96(60-107(104)124)122(28-7)29-8)72-137-76-117(25-4,77-138-73-98(141-66-84(14)146-113(129)89-43-49-93(50-44-89)119(18)19)69-133-63-81(11)145-112(128)88-41-47-92(48-42-88)118(16)17)78-139-74-99(70-134-62-80(10)144-111(127)87(24-3)36-31-23-2)143-75-100(142-67-85(15)147-114(130)90-45-51-94(52-46-90)120(20)21)71-136-64-82(12)148-115(131)102-39-33-32-38-101(102)109(125)103-55-53-95(59-106(103)123)121(26-5)27-6/h32-34,37-56,59-60,79-87,97-100,123-124H,22-31,35-36,57-58,61-78H2,1-21H3. The molecule has 822 valence electrons. The molecule has 0 fully saturated rings. The van der Waals surface area contributed by atoms with Crippen molar-refractivity contribution in [3.05, 3.63) is 207 Å². The summed E-state index contributed by atoms with van der Waals surface area (Å²) in [6, 6.07) is 42.4. The Balaban J connectivity index is 1.09. The molecule has 0 radical (unpaired) electrons. The van der Waals surface area contributed by atoms with Gasteiger partial charge in [0.2, 0.25) is 0 Å². The maximum atomic E-state index is 14.9. The van der Waals surface area contributed by atoms with E-state index in [1.807, 2.05) is 146 Å². The van der Waals surface area contributed by atoms with Crippen molar-refractivity contribution in [2.75, 3.05) is 212 Å². The van der Waals surface area contributed by atoms with E-state index < -0.39 is 108 Å². The number of aromatic hydroxyl groups is 2. The van der Waals surface area contributed by atoms with Crippen LogP contribution in [0.25, 0.3) is 0 Å². The van der Waals surface area contributed by atoms with E-state index in [2.05, 4.69) is 25.7 Å². The molecular weight excluding hydrogens is 1910 g/mol. The Labute approximate surface area is 883 Å². The van der Waals surface area contributed by atoms with Gasteiger partial charge in [0.25, 0.3) is 0 Å². The summed E-state index contributed by atoms with van der Waals surface area (Å²) in [7, 11) is 11.4. The number of phenols is 2. The van der Waals surface area contributed by atoms with Gasteiger partial charge in [-0.1, -0.05) is 103 Å². The second-order valence-electron chi connectivity index (χ2n) is 39.6. The first-order chi connectivity index (χ1) is 71.5. The van der Waals surface area contributed by atoms with Gasteiger partial charge < -0.3 is 115 Å². The van der Waals surface area contributed by atoms with Crippen LogP contribution in [0.15, 0.2) is 152 Å². The minimum absolute atomic E-state index is 0.00221. The van der Waals surface area contributed by atoms with Crippen LogP contribution in [-0.4, -0.2) is 306 Å². The summed E-state index contributed by atoms with van der Waals surface area (Å²) < 4.78 is 109. The van der Waals surface area contributed by atoms with Crippen molar-refractivity contribution >= 4 is 75.8 Å². The molecular formula is C117H167N5O27. The number of esters is 6. The number of hydrogen-bond donors (Lipinski definition) is 2. The highest BCUT2D eigenvalue weighted by atomic mass is 16.6. The SMILES string of the molecule is CCCCC1Cc2cccc(C(=O)c3ccc(N(CC)CC)cc3O)c2C(=O)OC(C)COCC(COCC(CC)(COCC(COCC(C)OC(=O)c2ccc(N(C)C)cc2)OCC(C)OC(=O)c2ccc(N(C)C)cc2)COCC(COCC(C)OC(=O)C(CC)CCCC)OCC(COCC(C)OC(=O)c2ccccc2C(=O)c2ccc(N(CC)CC)cc2O)OCC(C)OC(=O)c2ccc(N(C)C)cc2)OCC(C)C1. The third kappa shape index (κ3) is 40.5. The van der Waals surface area contributed by atoms with Crippen molar-refractivity contribution in [1.82, 2.24) is 0 Å². The van der Waals surface area contributed by atoms with Crippen molar-refractivity contribution in [1.29, 1.82) is 0 Å². The maximum absolute atomic E-state index is 14.9. The van der Waals surface area contributed by atoms with Crippen LogP contribution >= 0.6 is 0 Å². The molecule has 7 aromatic carbocycles. The molecule has 0 aliphatic carbocycles. The summed E-state index contributed by atoms with van der Waals surface area (Å²) in [5.74, 6) is -5.30. The Morgan fingerprint density at radius 2 is 0.832 bits per heavy atom. The van der Waals surface area contributed by atoms with E-state index in [9.17, 15) is 48.6 Å². The molecule has 32 heteroatoms. The number of cyclic esters (lactones) is 1. The zero-order valence-corrected chi connectivity index (χ0v) is 91.9. The predicted molar refractivity (Wildman–Crippen MR) is 577 cm³/mol. The van der Waals surface area contributed by atoms with Crippen LogP contribution in [0.3, 0.4) is 0 Å². The Bertz CT molecular complexity index is 5210. The number of ether oxygens (including phenoxy) is 17. The highest BCUT2D eigenvalue weighted by Crippen LogP contribution is 2.35. The third-order valence-corrected chi connectivity index (χ3v) is 26.1. The molecule has 0 amide bonds. The number of benzene rings is 7. The molecule has 2 N–H and O–H groups in total. The summed E-state index contributed by atoms with van der Waals surface area (Å²) in [6.07, 6.45) is -0.737. The molecule has 0 aromatic heterocycles. The van der Waals surface area contributed by atoms with Gasteiger partial charge in [-0.2, -0.15) is 0 Å². The first kappa shape index (κ1) is 123. The van der Waals surface area contributed by atoms with Crippen molar-refractivity contribution < 1.29 is 129 Å². The van der Waals surface area contributed by atoms with Crippen molar-refractivity contribution in [2.24, 2.45) is 23.2 Å². The zero-order chi connectivity index (χ0) is 109. The van der Waals surface area contributed by atoms with Gasteiger partial charge in [0.15, 0.2) is 11.6 Å². The molecule has 8 rings (SSSR count). The van der Waals surface area contributed by atoms with E-state index in [1.165, 1.54) is 18.2 Å². The van der Waals surface area contributed by atoms with E-state index in [4.69, 9.17) is 80.5 Å². The van der Waals surface area contributed by atoms with Gasteiger partial charge in [0.1, 0.15) is 72.5 Å². The summed E-state index contributed by atoms with van der Waals surface area (Å²) in [5.41, 5.74) is 5.21. The lowest BCUT2D eigenvalue weighted by Gasteiger charge is -2.34. The first-order valence-corrected chi connectivity index (χ1v) is 53.0. The number of anilines is 5. The van der Waals surface area contributed by atoms with Crippen LogP contribution in [0.4, 0.5) is 28.4 Å². The van der Waals surface area contributed by atoms with Crippen LogP contribution in [-0.2, 0) is 91.7 Å². The van der Waals surface area contributed by atoms with Crippen LogP contribution in [0.2, 0.25) is 0 Å². The molecule has 32 nitrogen and oxygen atoms in total. The van der Waals surface area contributed by atoms with Gasteiger partial charge in [-0.15, -0.1) is 0 Å². The summed E-state index contributed by atoms with van der Waals surface area (Å²) in [5, 5.41) is 22.7. The minimum Gasteiger partial charge on any atom is -0.507 e. The zero-order valence-electron chi connectivity index (χ0n) is 91.9. The number of phenolic OH excluding ortho intramolecular Hbond substituents is 2. The molecule has 1 aliphatic rings. The monoisotopic (exact) mass is 2070 g/mol. The van der Waals surface area contributed by atoms with Crippen molar-refractivity contribution in [2.45, 2.75) is 229 Å². The quantitative estimate of drug-likeness (QED) is 0.0203. The number of ketones is 2. The second kappa shape index (κ2) is 64.5. The predicted octanol–water partition coefficient (Wildman–Crippen LogP) is 18.6. The first-order valence-electron chi connectivity index (χ1n) is 53.0. The normalized spacial score (nSPS) is 16.9. The molecule has 0 bridgehead atoms. The lowest BCUT2D eigenvalue weighted by molar-refractivity contribution is -0.159. The highest BCUT2D eigenvalue weighted by Gasteiger charge is 2.36. The lowest BCUT2D eigenvalue weighted by Crippen LogP contribution is -2.41. The Morgan fingerprint density at radius 1 is 0.423 bits per heavy atom. The number of rotatable bonds is 64. The Hall–Kier alpha value is -11.1. The molecule has 14 unspecified atom stereocenters. The molecule has 1 aliphatic heterocycles. The minimum atomic E-state index is -1.00. The number of nitrogens with zero attached hydrogens (tertiary/aromatic N) is 5. The van der Waals surface area contributed by atoms with Crippen LogP contribution in [0.5, 0.6) is 11.5 Å². The van der Waals surface area contributed by atoms with Gasteiger partial charge in [-0.05, 0) is 222 Å². The Kier molecular flexibility index (Phi) is 53.3. The number of unbranched alkanes of at least 4 members (excludes halogenated alkanes) is 2. The summed E-state index contributed by atoms with van der Waals surface area (Å²) in [4.78, 5) is 123. The molecule has 7 aromatic rings.